The molecule has 5 fully saturated rings. The van der Waals surface area contributed by atoms with Crippen molar-refractivity contribution < 1.29 is 14.3 Å². The summed E-state index contributed by atoms with van der Waals surface area (Å²) >= 11 is 0. The van der Waals surface area contributed by atoms with Gasteiger partial charge in [0.1, 0.15) is 0 Å². The molecular formula is C26H30N4O3. The van der Waals surface area contributed by atoms with Crippen molar-refractivity contribution in [3.63, 3.8) is 0 Å². The number of piperazine rings is 1. The quantitative estimate of drug-likeness (QED) is 0.716. The molecule has 4 bridgehead atoms. The van der Waals surface area contributed by atoms with Crippen LogP contribution in [-0.4, -0.2) is 54.0 Å². The number of rotatable bonds is 3. The average molecular weight is 447 g/mol. The van der Waals surface area contributed by atoms with Crippen LogP contribution in [0.1, 0.15) is 38.5 Å². The van der Waals surface area contributed by atoms with Crippen molar-refractivity contribution in [2.24, 2.45) is 23.2 Å². The summed E-state index contributed by atoms with van der Waals surface area (Å²) in [6, 6.07) is 9.87. The van der Waals surface area contributed by atoms with Crippen LogP contribution in [0.25, 0.3) is 11.3 Å². The minimum Gasteiger partial charge on any atom is -0.454 e. The van der Waals surface area contributed by atoms with Gasteiger partial charge < -0.3 is 19.3 Å². The smallest absolute Gasteiger partial charge is 0.231 e. The Morgan fingerprint density at radius 2 is 1.55 bits per heavy atom. The normalized spacial score (nSPS) is 31.8. The predicted octanol–water partition coefficient (Wildman–Crippen LogP) is 3.74. The molecule has 0 radical (unpaired) electrons. The SMILES string of the molecule is O=C(N1CCN(c2ccc(-c3ccc4c(c3)OCO4)nn2)CC1)C12CC3CC(CC(C3)C1)C2. The van der Waals surface area contributed by atoms with Crippen LogP contribution in [-0.2, 0) is 4.79 Å². The van der Waals surface area contributed by atoms with E-state index in [1.54, 1.807) is 0 Å². The molecule has 1 saturated heterocycles. The molecule has 33 heavy (non-hydrogen) atoms. The van der Waals surface area contributed by atoms with Gasteiger partial charge in [-0.3, -0.25) is 4.79 Å². The highest BCUT2D eigenvalue weighted by Crippen LogP contribution is 2.60. The topological polar surface area (TPSA) is 67.8 Å². The number of amides is 1. The van der Waals surface area contributed by atoms with Gasteiger partial charge in [-0.2, -0.15) is 0 Å². The second kappa shape index (κ2) is 7.34. The molecule has 0 spiro atoms. The second-order valence-corrected chi connectivity index (χ2v) is 10.8. The van der Waals surface area contributed by atoms with E-state index in [9.17, 15) is 4.79 Å². The molecule has 8 rings (SSSR count). The average Bonchev–Trinajstić information content (AvgIpc) is 3.31. The lowest BCUT2D eigenvalue weighted by molar-refractivity contribution is -0.158. The van der Waals surface area contributed by atoms with Crippen LogP contribution in [0, 0.1) is 23.2 Å². The number of fused-ring (bicyclic) bond motifs is 1. The van der Waals surface area contributed by atoms with E-state index in [1.165, 1.54) is 19.3 Å². The fourth-order valence-electron chi connectivity index (χ4n) is 7.55. The van der Waals surface area contributed by atoms with Crippen LogP contribution in [0.5, 0.6) is 11.5 Å². The summed E-state index contributed by atoms with van der Waals surface area (Å²) in [6.45, 7) is 3.46. The van der Waals surface area contributed by atoms with Crippen molar-refractivity contribution in [3.8, 4) is 22.8 Å². The van der Waals surface area contributed by atoms with Crippen molar-refractivity contribution >= 4 is 11.7 Å². The molecule has 2 aromatic rings. The first kappa shape index (κ1) is 19.6. The third-order valence-corrected chi connectivity index (χ3v) is 8.70. The molecule has 3 heterocycles. The van der Waals surface area contributed by atoms with Crippen molar-refractivity contribution in [1.82, 2.24) is 15.1 Å². The summed E-state index contributed by atoms with van der Waals surface area (Å²) < 4.78 is 10.9. The minimum atomic E-state index is -0.0387. The largest absolute Gasteiger partial charge is 0.454 e. The van der Waals surface area contributed by atoms with Crippen LogP contribution in [0.3, 0.4) is 0 Å². The molecular weight excluding hydrogens is 416 g/mol. The van der Waals surface area contributed by atoms with E-state index in [4.69, 9.17) is 9.47 Å². The minimum absolute atomic E-state index is 0.0387. The third kappa shape index (κ3) is 3.27. The first-order valence-corrected chi connectivity index (χ1v) is 12.4. The lowest BCUT2D eigenvalue weighted by atomic mass is 9.49. The Bertz CT molecular complexity index is 1040. The Morgan fingerprint density at radius 1 is 0.848 bits per heavy atom. The van der Waals surface area contributed by atoms with E-state index in [2.05, 4.69) is 20.0 Å². The van der Waals surface area contributed by atoms with Crippen molar-refractivity contribution in [3.05, 3.63) is 30.3 Å². The maximum Gasteiger partial charge on any atom is 0.231 e. The van der Waals surface area contributed by atoms with Gasteiger partial charge >= 0.3 is 0 Å². The van der Waals surface area contributed by atoms with Gasteiger partial charge in [-0.15, -0.1) is 10.2 Å². The number of hydrogen-bond donors (Lipinski definition) is 0. The molecule has 0 N–H and O–H groups in total. The fourth-order valence-corrected chi connectivity index (χ4v) is 7.55. The summed E-state index contributed by atoms with van der Waals surface area (Å²) in [4.78, 5) is 18.0. The van der Waals surface area contributed by atoms with Gasteiger partial charge in [0.25, 0.3) is 0 Å². The van der Waals surface area contributed by atoms with Crippen LogP contribution in [0.2, 0.25) is 0 Å². The Balaban J connectivity index is 1.01. The summed E-state index contributed by atoms with van der Waals surface area (Å²) in [6.07, 6.45) is 7.56. The third-order valence-electron chi connectivity index (χ3n) is 8.70. The summed E-state index contributed by atoms with van der Waals surface area (Å²) in [7, 11) is 0. The van der Waals surface area contributed by atoms with E-state index >= 15 is 0 Å². The Kier molecular flexibility index (Phi) is 4.36. The monoisotopic (exact) mass is 446 g/mol. The van der Waals surface area contributed by atoms with Crippen LogP contribution in [0.4, 0.5) is 5.82 Å². The highest BCUT2D eigenvalue weighted by molar-refractivity contribution is 5.83. The molecule has 1 amide bonds. The molecule has 2 aliphatic heterocycles. The van der Waals surface area contributed by atoms with Crippen molar-refractivity contribution in [2.75, 3.05) is 37.9 Å². The lowest BCUT2D eigenvalue weighted by Crippen LogP contribution is -2.58. The predicted molar refractivity (Wildman–Crippen MR) is 123 cm³/mol. The number of carbonyl (C=O) groups excluding carboxylic acids is 1. The number of anilines is 1. The first-order chi connectivity index (χ1) is 16.1. The zero-order valence-corrected chi connectivity index (χ0v) is 18.9. The molecule has 7 heteroatoms. The van der Waals surface area contributed by atoms with E-state index in [-0.39, 0.29) is 12.2 Å². The van der Waals surface area contributed by atoms with Gasteiger partial charge in [0, 0.05) is 31.7 Å². The highest BCUT2D eigenvalue weighted by atomic mass is 16.7. The highest BCUT2D eigenvalue weighted by Gasteiger charge is 2.55. The molecule has 1 aromatic carbocycles. The van der Waals surface area contributed by atoms with E-state index in [0.717, 1.165) is 91.8 Å². The first-order valence-electron chi connectivity index (χ1n) is 12.4. The van der Waals surface area contributed by atoms with Crippen LogP contribution < -0.4 is 14.4 Å². The number of ether oxygens (including phenoxy) is 2. The van der Waals surface area contributed by atoms with Crippen molar-refractivity contribution in [2.45, 2.75) is 38.5 Å². The number of hydrogen-bond acceptors (Lipinski definition) is 6. The molecule has 6 aliphatic rings. The number of benzene rings is 1. The lowest BCUT2D eigenvalue weighted by Gasteiger charge is -2.57. The molecule has 4 saturated carbocycles. The number of nitrogens with zero attached hydrogens (tertiary/aromatic N) is 4. The molecule has 4 aliphatic carbocycles. The number of aromatic nitrogens is 2. The van der Waals surface area contributed by atoms with Crippen molar-refractivity contribution in [1.29, 1.82) is 0 Å². The molecule has 172 valence electrons. The Hall–Kier alpha value is -2.83. The zero-order chi connectivity index (χ0) is 22.0. The molecule has 0 atom stereocenters. The van der Waals surface area contributed by atoms with Gasteiger partial charge in [-0.1, -0.05) is 0 Å². The molecule has 1 aromatic heterocycles. The van der Waals surface area contributed by atoms with Gasteiger partial charge in [0.15, 0.2) is 17.3 Å². The summed E-state index contributed by atoms with van der Waals surface area (Å²) in [5.41, 5.74) is 1.74. The maximum atomic E-state index is 13.6. The zero-order valence-electron chi connectivity index (χ0n) is 18.9. The van der Waals surface area contributed by atoms with E-state index in [1.807, 2.05) is 30.3 Å². The van der Waals surface area contributed by atoms with E-state index in [0.29, 0.717) is 5.91 Å². The second-order valence-electron chi connectivity index (χ2n) is 10.8. The summed E-state index contributed by atoms with van der Waals surface area (Å²) in [5.74, 6) is 5.26. The molecule has 7 nitrogen and oxygen atoms in total. The van der Waals surface area contributed by atoms with E-state index < -0.39 is 0 Å². The number of carbonyl (C=O) groups is 1. The van der Waals surface area contributed by atoms with Gasteiger partial charge in [0.2, 0.25) is 12.7 Å². The van der Waals surface area contributed by atoms with Gasteiger partial charge in [0.05, 0.1) is 11.1 Å². The van der Waals surface area contributed by atoms with Crippen LogP contribution in [0.15, 0.2) is 30.3 Å². The fraction of sp³-hybridized carbons (Fsp3) is 0.577. The van der Waals surface area contributed by atoms with Gasteiger partial charge in [-0.25, -0.2) is 0 Å². The Morgan fingerprint density at radius 3 is 2.21 bits per heavy atom. The molecule has 0 unspecified atom stereocenters. The van der Waals surface area contributed by atoms with Gasteiger partial charge in [-0.05, 0) is 86.6 Å². The summed E-state index contributed by atoms with van der Waals surface area (Å²) in [5, 5.41) is 8.96. The standard InChI is InChI=1S/C26H30N4O3/c31-25(26-13-17-9-18(14-26)11-19(10-17)15-26)30-7-5-29(6-8-30)24-4-2-21(27-28-24)20-1-3-22-23(12-20)33-16-32-22/h1-4,12,17-19H,5-11,13-16H2. The van der Waals surface area contributed by atoms with Crippen LogP contribution >= 0.6 is 0 Å². The maximum absolute atomic E-state index is 13.6. The Labute approximate surface area is 194 Å².